The maximum absolute atomic E-state index is 13.1. The fraction of sp³-hybridized carbons (Fsp3) is 0.320. The molecule has 2 aromatic carbocycles. The molecule has 1 saturated heterocycles. The van der Waals surface area contributed by atoms with Gasteiger partial charge in [0.15, 0.2) is 6.29 Å². The van der Waals surface area contributed by atoms with Crippen LogP contribution in [-0.4, -0.2) is 49.3 Å². The van der Waals surface area contributed by atoms with E-state index < -0.39 is 22.0 Å². The minimum Gasteiger partial charge on any atom is -0.465 e. The molecule has 1 aromatic heterocycles. The van der Waals surface area contributed by atoms with E-state index in [1.165, 1.54) is 12.1 Å². The molecule has 34 heavy (non-hydrogen) atoms. The number of hydrogen-bond acceptors (Lipinski definition) is 7. The zero-order valence-electron chi connectivity index (χ0n) is 18.6. The lowest BCUT2D eigenvalue weighted by molar-refractivity contribution is -0.0392. The summed E-state index contributed by atoms with van der Waals surface area (Å²) in [6.45, 7) is 1.81. The van der Waals surface area contributed by atoms with E-state index >= 15 is 0 Å². The number of hydrogen-bond donors (Lipinski definition) is 1. The van der Waals surface area contributed by atoms with Crippen LogP contribution in [0.4, 0.5) is 0 Å². The van der Waals surface area contributed by atoms with Crippen molar-refractivity contribution in [2.24, 2.45) is 0 Å². The summed E-state index contributed by atoms with van der Waals surface area (Å²) in [5.74, 6) is 0.547. The molecule has 0 spiro atoms. The highest BCUT2D eigenvalue weighted by Crippen LogP contribution is 2.39. The predicted octanol–water partition coefficient (Wildman–Crippen LogP) is 4.22. The van der Waals surface area contributed by atoms with Gasteiger partial charge in [0.2, 0.25) is 0 Å². The third kappa shape index (κ3) is 6.14. The van der Waals surface area contributed by atoms with E-state index in [9.17, 15) is 13.5 Å². The van der Waals surface area contributed by atoms with Crippen LogP contribution in [0.2, 0.25) is 5.02 Å². The summed E-state index contributed by atoms with van der Waals surface area (Å²) in [7, 11) is -3.96. The second-order valence-electron chi connectivity index (χ2n) is 8.24. The van der Waals surface area contributed by atoms with Gasteiger partial charge in [-0.25, -0.2) is 0 Å². The summed E-state index contributed by atoms with van der Waals surface area (Å²) in [6.07, 6.45) is 3.71. The normalized spacial score (nSPS) is 17.2. The van der Waals surface area contributed by atoms with Gasteiger partial charge in [0.25, 0.3) is 10.1 Å². The van der Waals surface area contributed by atoms with Crippen molar-refractivity contribution < 1.29 is 22.4 Å². The molecule has 0 bridgehead atoms. The van der Waals surface area contributed by atoms with Crippen molar-refractivity contribution in [2.45, 2.75) is 36.0 Å². The van der Waals surface area contributed by atoms with Crippen LogP contribution in [0, 0.1) is 0 Å². The van der Waals surface area contributed by atoms with Gasteiger partial charge in [-0.2, -0.15) is 8.42 Å². The van der Waals surface area contributed by atoms with Crippen molar-refractivity contribution >= 4 is 21.7 Å². The second kappa shape index (κ2) is 10.8. The number of rotatable bonds is 9. The Hall–Kier alpha value is -2.49. The van der Waals surface area contributed by atoms with Gasteiger partial charge in [0.1, 0.15) is 11.4 Å². The number of pyridine rings is 1. The molecule has 1 aliphatic heterocycles. The van der Waals surface area contributed by atoms with E-state index in [1.807, 2.05) is 6.07 Å². The molecule has 2 heterocycles. The van der Waals surface area contributed by atoms with Gasteiger partial charge in [-0.15, -0.1) is 0 Å². The standard InChI is InChI=1S/C25H27ClN2O5S/c26-21-8-10-22(11-9-21)32-24(29)12-16-28-17-13-25(14-18-28,20-5-4-15-27-19-20)33-34(30,31)23-6-2-1-3-7-23/h1-11,15,19,24,29H,12-14,16-18H2. The number of piperidine rings is 1. The van der Waals surface area contributed by atoms with E-state index in [2.05, 4.69) is 9.88 Å². The molecule has 1 N–H and O–H groups in total. The van der Waals surface area contributed by atoms with Crippen LogP contribution in [0.5, 0.6) is 5.75 Å². The van der Waals surface area contributed by atoms with Crippen LogP contribution < -0.4 is 4.74 Å². The molecule has 0 amide bonds. The Morgan fingerprint density at radius 1 is 1.03 bits per heavy atom. The fourth-order valence-corrected chi connectivity index (χ4v) is 5.45. The minimum atomic E-state index is -3.96. The maximum atomic E-state index is 13.1. The molecule has 1 fully saturated rings. The first kappa shape index (κ1) is 24.6. The molecular formula is C25H27ClN2O5S. The summed E-state index contributed by atoms with van der Waals surface area (Å²) in [5, 5.41) is 10.9. The quantitative estimate of drug-likeness (QED) is 0.346. The summed E-state index contributed by atoms with van der Waals surface area (Å²) in [5.41, 5.74) is -0.266. The molecule has 4 rings (SSSR count). The third-order valence-electron chi connectivity index (χ3n) is 5.93. The number of likely N-dealkylation sites (tertiary alicyclic amines) is 1. The van der Waals surface area contributed by atoms with Gasteiger partial charge >= 0.3 is 0 Å². The van der Waals surface area contributed by atoms with Crippen molar-refractivity contribution in [1.29, 1.82) is 0 Å². The lowest BCUT2D eigenvalue weighted by Gasteiger charge is -2.41. The number of halogens is 1. The second-order valence-corrected chi connectivity index (χ2v) is 10.2. The van der Waals surface area contributed by atoms with Crippen LogP contribution in [0.15, 0.2) is 84.0 Å². The molecule has 0 radical (unpaired) electrons. The molecule has 180 valence electrons. The SMILES string of the molecule is O=S(=O)(OC1(c2cccnc2)CCN(CCC(O)Oc2ccc(Cl)cc2)CC1)c1ccccc1. The van der Waals surface area contributed by atoms with E-state index in [4.69, 9.17) is 20.5 Å². The van der Waals surface area contributed by atoms with Crippen LogP contribution in [-0.2, 0) is 19.9 Å². The summed E-state index contributed by atoms with van der Waals surface area (Å²) in [6, 6.07) is 18.6. The number of nitrogens with zero attached hydrogens (tertiary/aromatic N) is 2. The van der Waals surface area contributed by atoms with Gasteiger partial charge in [-0.3, -0.25) is 9.17 Å². The number of ether oxygens (including phenoxy) is 1. The molecule has 1 aliphatic rings. The van der Waals surface area contributed by atoms with Gasteiger partial charge in [0.05, 0.1) is 4.90 Å². The smallest absolute Gasteiger partial charge is 0.297 e. The van der Waals surface area contributed by atoms with Crippen molar-refractivity contribution in [1.82, 2.24) is 9.88 Å². The first-order valence-electron chi connectivity index (χ1n) is 11.1. The third-order valence-corrected chi connectivity index (χ3v) is 7.57. The Bertz CT molecular complexity index is 1150. The zero-order chi connectivity index (χ0) is 24.0. The molecule has 0 saturated carbocycles. The minimum absolute atomic E-state index is 0.128. The average molecular weight is 503 g/mol. The number of aromatic nitrogens is 1. The first-order chi connectivity index (χ1) is 16.4. The van der Waals surface area contributed by atoms with Gasteiger partial charge in [0, 0.05) is 49.0 Å². The highest BCUT2D eigenvalue weighted by Gasteiger charge is 2.42. The predicted molar refractivity (Wildman–Crippen MR) is 129 cm³/mol. The van der Waals surface area contributed by atoms with Crippen molar-refractivity contribution in [3.8, 4) is 5.75 Å². The molecule has 0 aliphatic carbocycles. The molecule has 7 nitrogen and oxygen atoms in total. The summed E-state index contributed by atoms with van der Waals surface area (Å²) in [4.78, 5) is 6.48. The Balaban J connectivity index is 1.40. The van der Waals surface area contributed by atoms with Crippen molar-refractivity contribution in [2.75, 3.05) is 19.6 Å². The highest BCUT2D eigenvalue weighted by atomic mass is 35.5. The van der Waals surface area contributed by atoms with Crippen LogP contribution >= 0.6 is 11.6 Å². The van der Waals surface area contributed by atoms with Gasteiger partial charge < -0.3 is 14.7 Å². The van der Waals surface area contributed by atoms with Crippen molar-refractivity contribution in [3.05, 3.63) is 89.7 Å². The average Bonchev–Trinajstić information content (AvgIpc) is 2.86. The molecular weight excluding hydrogens is 476 g/mol. The van der Waals surface area contributed by atoms with E-state index in [-0.39, 0.29) is 4.90 Å². The molecule has 1 unspecified atom stereocenters. The fourth-order valence-electron chi connectivity index (χ4n) is 4.06. The zero-order valence-corrected chi connectivity index (χ0v) is 20.2. The summed E-state index contributed by atoms with van der Waals surface area (Å²) >= 11 is 5.88. The Morgan fingerprint density at radius 2 is 1.74 bits per heavy atom. The first-order valence-corrected chi connectivity index (χ1v) is 12.9. The Kier molecular flexibility index (Phi) is 7.85. The molecule has 3 aromatic rings. The molecule has 1 atom stereocenters. The monoisotopic (exact) mass is 502 g/mol. The Labute approximate surface area is 205 Å². The van der Waals surface area contributed by atoms with E-state index in [1.54, 1.807) is 60.9 Å². The number of aliphatic hydroxyl groups is 1. The summed E-state index contributed by atoms with van der Waals surface area (Å²) < 4.78 is 37.6. The number of aliphatic hydroxyl groups excluding tert-OH is 1. The highest BCUT2D eigenvalue weighted by molar-refractivity contribution is 7.86. The topological polar surface area (TPSA) is 89.0 Å². The molecule has 9 heteroatoms. The van der Waals surface area contributed by atoms with Crippen LogP contribution in [0.25, 0.3) is 0 Å². The van der Waals surface area contributed by atoms with Crippen LogP contribution in [0.1, 0.15) is 24.8 Å². The lowest BCUT2D eigenvalue weighted by atomic mass is 9.85. The van der Waals surface area contributed by atoms with E-state index in [0.29, 0.717) is 49.7 Å². The van der Waals surface area contributed by atoms with Gasteiger partial charge in [-0.1, -0.05) is 35.9 Å². The van der Waals surface area contributed by atoms with Crippen molar-refractivity contribution in [3.63, 3.8) is 0 Å². The Morgan fingerprint density at radius 3 is 2.38 bits per heavy atom. The maximum Gasteiger partial charge on any atom is 0.297 e. The van der Waals surface area contributed by atoms with E-state index in [0.717, 1.165) is 5.56 Å². The van der Waals surface area contributed by atoms with Crippen LogP contribution in [0.3, 0.4) is 0 Å². The largest absolute Gasteiger partial charge is 0.465 e. The number of benzene rings is 2. The lowest BCUT2D eigenvalue weighted by Crippen LogP contribution is -2.46. The van der Waals surface area contributed by atoms with Gasteiger partial charge in [-0.05, 0) is 55.3 Å².